The van der Waals surface area contributed by atoms with Crippen LogP contribution in [0.25, 0.3) is 11.6 Å². The minimum absolute atomic E-state index is 0.245. The van der Waals surface area contributed by atoms with Crippen molar-refractivity contribution in [3.8, 4) is 11.6 Å². The predicted octanol–water partition coefficient (Wildman–Crippen LogP) is 4.12. The maximum atomic E-state index is 5.56. The summed E-state index contributed by atoms with van der Waals surface area (Å²) in [7, 11) is 0. The van der Waals surface area contributed by atoms with Gasteiger partial charge in [0, 0.05) is 23.5 Å². The summed E-state index contributed by atoms with van der Waals surface area (Å²) in [4.78, 5) is 9.25. The van der Waals surface area contributed by atoms with Crippen molar-refractivity contribution in [1.82, 2.24) is 15.3 Å². The normalized spacial score (nSPS) is 20.3. The van der Waals surface area contributed by atoms with Crippen molar-refractivity contribution in [2.45, 2.75) is 39.7 Å². The highest BCUT2D eigenvalue weighted by molar-refractivity contribution is 9.10. The van der Waals surface area contributed by atoms with E-state index in [-0.39, 0.29) is 5.41 Å². The summed E-state index contributed by atoms with van der Waals surface area (Å²) in [5.41, 5.74) is 2.61. The van der Waals surface area contributed by atoms with Gasteiger partial charge in [-0.1, -0.05) is 20.8 Å². The van der Waals surface area contributed by atoms with Gasteiger partial charge >= 0.3 is 0 Å². The van der Waals surface area contributed by atoms with Crippen molar-refractivity contribution in [1.29, 1.82) is 0 Å². The first kappa shape index (κ1) is 14.7. The lowest BCUT2D eigenvalue weighted by Crippen LogP contribution is -2.34. The van der Waals surface area contributed by atoms with Gasteiger partial charge in [0.05, 0.1) is 0 Å². The van der Waals surface area contributed by atoms with E-state index < -0.39 is 0 Å². The van der Waals surface area contributed by atoms with Gasteiger partial charge < -0.3 is 9.73 Å². The number of nitrogens with one attached hydrogen (secondary N) is 1. The second-order valence-corrected chi connectivity index (χ2v) is 7.14. The minimum atomic E-state index is 0.245. The number of hydrogen-bond donors (Lipinski definition) is 1. The smallest absolute Gasteiger partial charge is 0.195 e. The number of nitrogens with zero attached hydrogens (tertiary/aromatic N) is 2. The van der Waals surface area contributed by atoms with Crippen LogP contribution in [0.4, 0.5) is 0 Å². The molecule has 1 atom stereocenters. The summed E-state index contributed by atoms with van der Waals surface area (Å²) in [5, 5.41) is 3.55. The lowest BCUT2D eigenvalue weighted by Gasteiger charge is -2.36. The lowest BCUT2D eigenvalue weighted by molar-refractivity contribution is 0.255. The second-order valence-electron chi connectivity index (χ2n) is 6.35. The van der Waals surface area contributed by atoms with E-state index in [1.165, 1.54) is 5.56 Å². The van der Waals surface area contributed by atoms with E-state index in [0.717, 1.165) is 25.1 Å². The fraction of sp³-hybridized carbons (Fsp3) is 0.500. The Morgan fingerprint density at radius 1 is 1.43 bits per heavy atom. The average Bonchev–Trinajstić information content (AvgIpc) is 2.84. The van der Waals surface area contributed by atoms with Crippen molar-refractivity contribution in [3.63, 3.8) is 0 Å². The fourth-order valence-corrected chi connectivity index (χ4v) is 3.34. The van der Waals surface area contributed by atoms with Crippen LogP contribution in [-0.2, 0) is 6.42 Å². The molecule has 112 valence electrons. The number of rotatable bonds is 3. The van der Waals surface area contributed by atoms with Gasteiger partial charge in [-0.2, -0.15) is 0 Å². The molecule has 0 aliphatic heterocycles. The molecule has 4 nitrogen and oxygen atoms in total. The van der Waals surface area contributed by atoms with E-state index >= 15 is 0 Å². The highest BCUT2D eigenvalue weighted by atomic mass is 79.9. The Kier molecular flexibility index (Phi) is 3.88. The van der Waals surface area contributed by atoms with Crippen LogP contribution >= 0.6 is 15.9 Å². The van der Waals surface area contributed by atoms with Crippen LogP contribution in [0.3, 0.4) is 0 Å². The molecule has 1 aliphatic rings. The van der Waals surface area contributed by atoms with Crippen molar-refractivity contribution in [2.75, 3.05) is 6.54 Å². The van der Waals surface area contributed by atoms with Crippen LogP contribution in [0.5, 0.6) is 0 Å². The van der Waals surface area contributed by atoms with Crippen molar-refractivity contribution < 1.29 is 4.42 Å². The molecule has 1 unspecified atom stereocenters. The van der Waals surface area contributed by atoms with E-state index in [1.54, 1.807) is 0 Å². The molecule has 2 aromatic rings. The Morgan fingerprint density at radius 2 is 2.24 bits per heavy atom. The number of hydrogen-bond acceptors (Lipinski definition) is 4. The first-order valence-electron chi connectivity index (χ1n) is 7.33. The third-order valence-electron chi connectivity index (χ3n) is 3.92. The van der Waals surface area contributed by atoms with E-state index in [4.69, 9.17) is 9.40 Å². The molecule has 0 radical (unpaired) electrons. The maximum absolute atomic E-state index is 5.56. The summed E-state index contributed by atoms with van der Waals surface area (Å²) < 4.78 is 6.26. The molecule has 5 heteroatoms. The molecule has 0 saturated heterocycles. The van der Waals surface area contributed by atoms with Gasteiger partial charge in [-0.25, -0.2) is 9.97 Å². The molecule has 3 rings (SSSR count). The molecule has 1 aliphatic carbocycles. The van der Waals surface area contributed by atoms with E-state index in [2.05, 4.69) is 47.0 Å². The highest BCUT2D eigenvalue weighted by Crippen LogP contribution is 2.40. The monoisotopic (exact) mass is 349 g/mol. The van der Waals surface area contributed by atoms with Crippen molar-refractivity contribution in [3.05, 3.63) is 34.3 Å². The molecule has 0 spiro atoms. The Balaban J connectivity index is 2.00. The maximum Gasteiger partial charge on any atom is 0.195 e. The number of fused-ring (bicyclic) bond motifs is 1. The van der Waals surface area contributed by atoms with Gasteiger partial charge in [0.25, 0.3) is 0 Å². The van der Waals surface area contributed by atoms with Crippen LogP contribution in [-0.4, -0.2) is 16.5 Å². The first-order chi connectivity index (χ1) is 9.98. The third-order valence-corrected chi connectivity index (χ3v) is 4.35. The summed E-state index contributed by atoms with van der Waals surface area (Å²) in [5.74, 6) is 1.36. The number of furan rings is 1. The standard InChI is InChI=1S/C16H20BrN3O/c1-4-18-11-7-16(2,3)8-12-10(11)9-19-15(20-12)13-5-6-14(17)21-13/h5-6,9,11,18H,4,7-8H2,1-3H3. The van der Waals surface area contributed by atoms with Crippen LogP contribution < -0.4 is 5.32 Å². The van der Waals surface area contributed by atoms with Gasteiger partial charge in [-0.05, 0) is 52.9 Å². The minimum Gasteiger partial charge on any atom is -0.446 e. The third kappa shape index (κ3) is 3.04. The van der Waals surface area contributed by atoms with E-state index in [9.17, 15) is 0 Å². The van der Waals surface area contributed by atoms with Gasteiger partial charge in [-0.3, -0.25) is 0 Å². The Hall–Kier alpha value is -1.20. The zero-order valence-corrected chi connectivity index (χ0v) is 14.2. The summed E-state index contributed by atoms with van der Waals surface area (Å²) in [6.45, 7) is 7.68. The van der Waals surface area contributed by atoms with Crippen LogP contribution in [0.1, 0.15) is 44.5 Å². The van der Waals surface area contributed by atoms with Crippen LogP contribution in [0.2, 0.25) is 0 Å². The largest absolute Gasteiger partial charge is 0.446 e. The van der Waals surface area contributed by atoms with E-state index in [1.807, 2.05) is 18.3 Å². The molecule has 1 N–H and O–H groups in total. The summed E-state index contributed by atoms with van der Waals surface area (Å²) >= 11 is 3.32. The summed E-state index contributed by atoms with van der Waals surface area (Å²) in [6, 6.07) is 4.09. The molecule has 0 saturated carbocycles. The number of halogens is 1. The molecule has 0 aromatic carbocycles. The number of aromatic nitrogens is 2. The quantitative estimate of drug-likeness (QED) is 0.905. The average molecular weight is 350 g/mol. The second kappa shape index (κ2) is 5.54. The fourth-order valence-electron chi connectivity index (χ4n) is 3.03. The lowest BCUT2D eigenvalue weighted by atomic mass is 9.74. The van der Waals surface area contributed by atoms with Gasteiger partial charge in [0.2, 0.25) is 0 Å². The first-order valence-corrected chi connectivity index (χ1v) is 8.13. The Morgan fingerprint density at radius 3 is 2.90 bits per heavy atom. The zero-order chi connectivity index (χ0) is 15.0. The molecule has 2 aromatic heterocycles. The molecule has 0 fully saturated rings. The molecular weight excluding hydrogens is 330 g/mol. The molecular formula is C16H20BrN3O. The van der Waals surface area contributed by atoms with E-state index in [0.29, 0.717) is 22.3 Å². The molecule has 0 amide bonds. The van der Waals surface area contributed by atoms with Crippen molar-refractivity contribution >= 4 is 15.9 Å². The molecule has 21 heavy (non-hydrogen) atoms. The predicted molar refractivity (Wildman–Crippen MR) is 86.0 cm³/mol. The van der Waals surface area contributed by atoms with Gasteiger partial charge in [0.1, 0.15) is 0 Å². The topological polar surface area (TPSA) is 51.0 Å². The zero-order valence-electron chi connectivity index (χ0n) is 12.6. The van der Waals surface area contributed by atoms with Crippen LogP contribution in [0.15, 0.2) is 27.4 Å². The molecule has 2 heterocycles. The van der Waals surface area contributed by atoms with Gasteiger partial charge in [0.15, 0.2) is 16.3 Å². The highest BCUT2D eigenvalue weighted by Gasteiger charge is 2.33. The Labute approximate surface area is 133 Å². The SMILES string of the molecule is CCNC1CC(C)(C)Cc2nc(-c3ccc(Br)o3)ncc21. The molecule has 0 bridgehead atoms. The Bertz CT molecular complexity index is 651. The van der Waals surface area contributed by atoms with Crippen molar-refractivity contribution in [2.24, 2.45) is 5.41 Å². The van der Waals surface area contributed by atoms with Gasteiger partial charge in [-0.15, -0.1) is 0 Å². The summed E-state index contributed by atoms with van der Waals surface area (Å²) in [6.07, 6.45) is 4.04. The van der Waals surface area contributed by atoms with Crippen LogP contribution in [0, 0.1) is 5.41 Å².